The normalized spacial score (nSPS) is 16.8. The van der Waals surface area contributed by atoms with Crippen LogP contribution in [0.15, 0.2) is 49.2 Å². The SMILES string of the molecule is O=C(Nc1cn2cc(-c3ccc(-c4cnc[nH]4)cc3)sc2n1)[C@@H]1CCCN1. The van der Waals surface area contributed by atoms with E-state index in [1.807, 2.05) is 23.0 Å². The Kier molecular flexibility index (Phi) is 3.99. The predicted octanol–water partition coefficient (Wildman–Crippen LogP) is 3.14. The number of hydrogen-bond acceptors (Lipinski definition) is 5. The molecule has 1 atom stereocenters. The highest BCUT2D eigenvalue weighted by Gasteiger charge is 2.22. The van der Waals surface area contributed by atoms with Crippen LogP contribution in [0.2, 0.25) is 0 Å². The maximum Gasteiger partial charge on any atom is 0.242 e. The lowest BCUT2D eigenvalue weighted by Gasteiger charge is -2.08. The standard InChI is InChI=1S/C19H18N6OS/c26-18(14-2-1-7-21-14)23-17-10-25-9-16(27-19(25)24-17)13-5-3-12(4-6-13)15-8-20-11-22-15/h3-6,8-11,14,21H,1-2,7H2,(H,20,22)(H,23,26)/t14-/m0/s1. The molecule has 0 radical (unpaired) electrons. The van der Waals surface area contributed by atoms with Gasteiger partial charge in [0.05, 0.1) is 35.3 Å². The second-order valence-electron chi connectivity index (χ2n) is 6.59. The van der Waals surface area contributed by atoms with Crippen LogP contribution in [0.5, 0.6) is 0 Å². The number of amides is 1. The van der Waals surface area contributed by atoms with Crippen molar-refractivity contribution in [2.24, 2.45) is 0 Å². The summed E-state index contributed by atoms with van der Waals surface area (Å²) in [7, 11) is 0. The van der Waals surface area contributed by atoms with Crippen molar-refractivity contribution in [1.82, 2.24) is 24.7 Å². The molecule has 27 heavy (non-hydrogen) atoms. The number of H-pyrrole nitrogens is 1. The van der Waals surface area contributed by atoms with Crippen molar-refractivity contribution in [3.63, 3.8) is 0 Å². The van der Waals surface area contributed by atoms with Gasteiger partial charge in [-0.2, -0.15) is 0 Å². The number of thiazole rings is 1. The topological polar surface area (TPSA) is 87.1 Å². The van der Waals surface area contributed by atoms with Gasteiger partial charge in [-0.3, -0.25) is 9.20 Å². The zero-order valence-corrected chi connectivity index (χ0v) is 15.3. The average molecular weight is 378 g/mol. The summed E-state index contributed by atoms with van der Waals surface area (Å²) >= 11 is 1.60. The van der Waals surface area contributed by atoms with E-state index in [9.17, 15) is 4.79 Å². The molecule has 3 aromatic heterocycles. The smallest absolute Gasteiger partial charge is 0.242 e. The Labute approximate surface area is 159 Å². The Morgan fingerprint density at radius 2 is 2.07 bits per heavy atom. The number of benzene rings is 1. The number of fused-ring (bicyclic) bond motifs is 1. The molecule has 1 amide bonds. The molecule has 1 aliphatic rings. The van der Waals surface area contributed by atoms with Gasteiger partial charge < -0.3 is 15.6 Å². The largest absolute Gasteiger partial charge is 0.345 e. The van der Waals surface area contributed by atoms with E-state index in [-0.39, 0.29) is 11.9 Å². The molecule has 1 aromatic carbocycles. The molecule has 5 rings (SSSR count). The molecular formula is C19H18N6OS. The number of carbonyl (C=O) groups is 1. The van der Waals surface area contributed by atoms with Crippen molar-refractivity contribution in [3.8, 4) is 21.7 Å². The zero-order valence-electron chi connectivity index (χ0n) is 14.5. The third-order valence-corrected chi connectivity index (χ3v) is 5.81. The summed E-state index contributed by atoms with van der Waals surface area (Å²) in [5.41, 5.74) is 3.23. The first-order chi connectivity index (χ1) is 13.3. The van der Waals surface area contributed by atoms with Gasteiger partial charge >= 0.3 is 0 Å². The average Bonchev–Trinajstić information content (AvgIpc) is 3.44. The van der Waals surface area contributed by atoms with E-state index in [1.54, 1.807) is 17.7 Å². The van der Waals surface area contributed by atoms with Crippen LogP contribution in [0.25, 0.3) is 26.7 Å². The van der Waals surface area contributed by atoms with Gasteiger partial charge in [-0.25, -0.2) is 9.97 Å². The summed E-state index contributed by atoms with van der Waals surface area (Å²) in [6.07, 6.45) is 9.32. The summed E-state index contributed by atoms with van der Waals surface area (Å²) in [6, 6.07) is 8.23. The molecule has 3 N–H and O–H groups in total. The van der Waals surface area contributed by atoms with Gasteiger partial charge in [0.1, 0.15) is 0 Å². The van der Waals surface area contributed by atoms with Crippen LogP contribution in [0.3, 0.4) is 0 Å². The van der Waals surface area contributed by atoms with E-state index < -0.39 is 0 Å². The van der Waals surface area contributed by atoms with E-state index in [2.05, 4.69) is 49.9 Å². The maximum atomic E-state index is 12.2. The number of imidazole rings is 2. The van der Waals surface area contributed by atoms with Crippen LogP contribution in [-0.4, -0.2) is 37.8 Å². The van der Waals surface area contributed by atoms with Crippen LogP contribution in [0, 0.1) is 0 Å². The number of rotatable bonds is 4. The first-order valence-corrected chi connectivity index (χ1v) is 9.70. The van der Waals surface area contributed by atoms with Gasteiger partial charge in [0.25, 0.3) is 0 Å². The Hall–Kier alpha value is -2.97. The highest BCUT2D eigenvalue weighted by atomic mass is 32.1. The van der Waals surface area contributed by atoms with Crippen molar-refractivity contribution >= 4 is 28.0 Å². The number of anilines is 1. The van der Waals surface area contributed by atoms with E-state index >= 15 is 0 Å². The van der Waals surface area contributed by atoms with E-state index in [0.717, 1.165) is 46.0 Å². The lowest BCUT2D eigenvalue weighted by Crippen LogP contribution is -2.35. The van der Waals surface area contributed by atoms with Crippen molar-refractivity contribution in [1.29, 1.82) is 0 Å². The van der Waals surface area contributed by atoms with Crippen LogP contribution in [0.1, 0.15) is 12.8 Å². The highest BCUT2D eigenvalue weighted by Crippen LogP contribution is 2.30. The van der Waals surface area contributed by atoms with Gasteiger partial charge in [-0.1, -0.05) is 35.6 Å². The molecule has 0 unspecified atom stereocenters. The van der Waals surface area contributed by atoms with Crippen molar-refractivity contribution in [3.05, 3.63) is 49.2 Å². The van der Waals surface area contributed by atoms with Crippen LogP contribution in [-0.2, 0) is 4.79 Å². The second kappa shape index (κ2) is 6.64. The molecule has 4 aromatic rings. The van der Waals surface area contributed by atoms with Gasteiger partial charge in [-0.15, -0.1) is 0 Å². The van der Waals surface area contributed by atoms with E-state index in [4.69, 9.17) is 0 Å². The predicted molar refractivity (Wildman–Crippen MR) is 106 cm³/mol. The molecule has 7 nitrogen and oxygen atoms in total. The zero-order chi connectivity index (χ0) is 18.2. The van der Waals surface area contributed by atoms with Crippen molar-refractivity contribution in [2.45, 2.75) is 18.9 Å². The van der Waals surface area contributed by atoms with Crippen LogP contribution >= 0.6 is 11.3 Å². The molecule has 8 heteroatoms. The van der Waals surface area contributed by atoms with Crippen molar-refractivity contribution in [2.75, 3.05) is 11.9 Å². The minimum Gasteiger partial charge on any atom is -0.345 e. The molecule has 0 aliphatic carbocycles. The van der Waals surface area contributed by atoms with Crippen LogP contribution < -0.4 is 10.6 Å². The molecule has 1 saturated heterocycles. The summed E-state index contributed by atoms with van der Waals surface area (Å²) in [5.74, 6) is 0.592. The molecule has 0 spiro atoms. The minimum absolute atomic E-state index is 0.00660. The second-order valence-corrected chi connectivity index (χ2v) is 7.60. The van der Waals surface area contributed by atoms with E-state index in [0.29, 0.717) is 5.82 Å². The van der Waals surface area contributed by atoms with Gasteiger partial charge in [0, 0.05) is 6.20 Å². The summed E-state index contributed by atoms with van der Waals surface area (Å²) < 4.78 is 1.96. The quantitative estimate of drug-likeness (QED) is 0.509. The Bertz CT molecular complexity index is 1040. The number of nitrogens with one attached hydrogen (secondary N) is 3. The lowest BCUT2D eigenvalue weighted by atomic mass is 10.1. The number of aromatic nitrogens is 4. The third-order valence-electron chi connectivity index (χ3n) is 4.76. The fourth-order valence-corrected chi connectivity index (χ4v) is 4.31. The lowest BCUT2D eigenvalue weighted by molar-refractivity contribution is -0.117. The third kappa shape index (κ3) is 3.13. The summed E-state index contributed by atoms with van der Waals surface area (Å²) in [4.78, 5) is 25.9. The Morgan fingerprint density at radius 1 is 1.22 bits per heavy atom. The van der Waals surface area contributed by atoms with Gasteiger partial charge in [0.2, 0.25) is 5.91 Å². The Balaban J connectivity index is 1.34. The molecule has 4 heterocycles. The van der Waals surface area contributed by atoms with Crippen molar-refractivity contribution < 1.29 is 4.79 Å². The molecule has 1 aliphatic heterocycles. The number of carbonyl (C=O) groups excluding carboxylic acids is 1. The van der Waals surface area contributed by atoms with Gasteiger partial charge in [-0.05, 0) is 30.5 Å². The molecule has 0 saturated carbocycles. The summed E-state index contributed by atoms with van der Waals surface area (Å²) in [5, 5.41) is 6.10. The maximum absolute atomic E-state index is 12.2. The number of nitrogens with zero attached hydrogens (tertiary/aromatic N) is 3. The first-order valence-electron chi connectivity index (χ1n) is 8.88. The highest BCUT2D eigenvalue weighted by molar-refractivity contribution is 7.20. The molecule has 136 valence electrons. The fourth-order valence-electron chi connectivity index (χ4n) is 3.34. The summed E-state index contributed by atoms with van der Waals surface area (Å²) in [6.45, 7) is 0.902. The number of aromatic amines is 1. The number of hydrogen-bond donors (Lipinski definition) is 3. The molecule has 1 fully saturated rings. The molecule has 0 bridgehead atoms. The fraction of sp³-hybridized carbons (Fsp3) is 0.211. The molecular weight excluding hydrogens is 360 g/mol. The van der Waals surface area contributed by atoms with E-state index in [1.165, 1.54) is 0 Å². The first kappa shape index (κ1) is 16.2. The Morgan fingerprint density at radius 3 is 2.78 bits per heavy atom. The monoisotopic (exact) mass is 378 g/mol. The minimum atomic E-state index is -0.103. The van der Waals surface area contributed by atoms with Crippen LogP contribution in [0.4, 0.5) is 5.82 Å². The van der Waals surface area contributed by atoms with Gasteiger partial charge in [0.15, 0.2) is 10.8 Å².